The number of rotatable bonds is 5. The topological polar surface area (TPSA) is 39.9 Å². The van der Waals surface area contributed by atoms with E-state index in [0.717, 1.165) is 24.0 Å². The highest BCUT2D eigenvalue weighted by molar-refractivity contribution is 6.08. The Balaban J connectivity index is 1.70. The van der Waals surface area contributed by atoms with Crippen LogP contribution in [0.4, 0.5) is 0 Å². The quantitative estimate of drug-likeness (QED) is 0.489. The number of pyridine rings is 2. The Labute approximate surface area is 153 Å². The normalized spacial score (nSPS) is 11.5. The first-order chi connectivity index (χ1) is 12.7. The summed E-state index contributed by atoms with van der Waals surface area (Å²) in [6.07, 6.45) is 7.88. The lowest BCUT2D eigenvalue weighted by Crippen LogP contribution is -2.14. The van der Waals surface area contributed by atoms with Crippen molar-refractivity contribution in [2.45, 2.75) is 32.8 Å². The van der Waals surface area contributed by atoms with Crippen molar-refractivity contribution >= 4 is 21.8 Å². The Hall–Kier alpha value is -2.88. The Morgan fingerprint density at radius 3 is 2.46 bits per heavy atom. The van der Waals surface area contributed by atoms with Crippen LogP contribution in [-0.4, -0.2) is 20.6 Å². The number of ether oxygens (including phenoxy) is 1. The molecule has 3 heterocycles. The molecule has 4 nitrogen and oxygen atoms in total. The zero-order valence-electron chi connectivity index (χ0n) is 15.4. The van der Waals surface area contributed by atoms with Gasteiger partial charge in [-0.2, -0.15) is 0 Å². The fraction of sp³-hybridized carbons (Fsp3) is 0.273. The van der Waals surface area contributed by atoms with Gasteiger partial charge in [0.15, 0.2) is 0 Å². The third kappa shape index (κ3) is 2.81. The van der Waals surface area contributed by atoms with E-state index in [4.69, 9.17) is 4.74 Å². The van der Waals surface area contributed by atoms with Gasteiger partial charge in [-0.15, -0.1) is 0 Å². The molecule has 0 saturated carbocycles. The number of fused-ring (bicyclic) bond motifs is 3. The maximum Gasteiger partial charge on any atom is 0.213 e. The van der Waals surface area contributed by atoms with Gasteiger partial charge in [-0.05, 0) is 36.6 Å². The molecule has 0 saturated heterocycles. The average Bonchev–Trinajstić information content (AvgIpc) is 2.99. The molecule has 3 aromatic heterocycles. The lowest BCUT2D eigenvalue weighted by molar-refractivity contribution is 0.185. The van der Waals surface area contributed by atoms with Crippen LogP contribution in [0.5, 0.6) is 5.88 Å². The van der Waals surface area contributed by atoms with Crippen LogP contribution in [0, 0.1) is 0 Å². The predicted molar refractivity (Wildman–Crippen MR) is 106 cm³/mol. The molecular weight excluding hydrogens is 322 g/mol. The fourth-order valence-corrected chi connectivity index (χ4v) is 3.48. The second kappa shape index (κ2) is 6.79. The molecule has 0 radical (unpaired) electrons. The Morgan fingerprint density at radius 1 is 0.923 bits per heavy atom. The van der Waals surface area contributed by atoms with Gasteiger partial charge in [-0.1, -0.05) is 26.0 Å². The number of nitrogens with zero attached hydrogens (tertiary/aromatic N) is 3. The van der Waals surface area contributed by atoms with E-state index in [-0.39, 0.29) is 6.10 Å². The molecule has 0 aliphatic carbocycles. The predicted octanol–water partition coefficient (Wildman–Crippen LogP) is 5.36. The van der Waals surface area contributed by atoms with Crippen LogP contribution in [0.3, 0.4) is 0 Å². The first-order valence-corrected chi connectivity index (χ1v) is 9.16. The van der Waals surface area contributed by atoms with E-state index >= 15 is 0 Å². The highest BCUT2D eigenvalue weighted by Gasteiger charge is 2.10. The lowest BCUT2D eigenvalue weighted by atomic mass is 10.1. The van der Waals surface area contributed by atoms with Crippen molar-refractivity contribution in [3.05, 3.63) is 55.0 Å². The van der Waals surface area contributed by atoms with E-state index in [2.05, 4.69) is 65.8 Å². The van der Waals surface area contributed by atoms with Crippen molar-refractivity contribution in [2.75, 3.05) is 0 Å². The van der Waals surface area contributed by atoms with Crippen molar-refractivity contribution in [3.8, 4) is 17.0 Å². The van der Waals surface area contributed by atoms with E-state index in [0.29, 0.717) is 5.88 Å². The molecule has 0 fully saturated rings. The summed E-state index contributed by atoms with van der Waals surface area (Å²) in [6.45, 7) is 4.27. The summed E-state index contributed by atoms with van der Waals surface area (Å²) in [6, 6.07) is 12.6. The minimum atomic E-state index is 0.231. The van der Waals surface area contributed by atoms with Crippen molar-refractivity contribution in [2.24, 2.45) is 7.05 Å². The number of aromatic nitrogens is 3. The van der Waals surface area contributed by atoms with Crippen LogP contribution >= 0.6 is 0 Å². The average molecular weight is 345 g/mol. The van der Waals surface area contributed by atoms with Crippen LogP contribution in [0.15, 0.2) is 55.0 Å². The standard InChI is InChI=1S/C22H23N3O/c1-4-17(5-2)26-22-9-7-16(13-24-22)15-6-8-18-19-14-23-11-10-20(19)25(3)21(18)12-15/h6-14,17H,4-5H2,1-3H3. The van der Waals surface area contributed by atoms with E-state index < -0.39 is 0 Å². The molecule has 0 unspecified atom stereocenters. The third-order valence-electron chi connectivity index (χ3n) is 5.08. The lowest BCUT2D eigenvalue weighted by Gasteiger charge is -2.14. The van der Waals surface area contributed by atoms with E-state index in [1.807, 2.05) is 24.7 Å². The summed E-state index contributed by atoms with van der Waals surface area (Å²) in [5.74, 6) is 0.694. The molecular formula is C22H23N3O. The van der Waals surface area contributed by atoms with E-state index in [1.54, 1.807) is 0 Å². The summed E-state index contributed by atoms with van der Waals surface area (Å²) in [5, 5.41) is 2.41. The number of benzene rings is 1. The summed E-state index contributed by atoms with van der Waals surface area (Å²) in [4.78, 5) is 8.76. The van der Waals surface area contributed by atoms with Gasteiger partial charge < -0.3 is 9.30 Å². The van der Waals surface area contributed by atoms with Crippen LogP contribution in [-0.2, 0) is 7.05 Å². The molecule has 0 aliphatic heterocycles. The molecule has 4 rings (SSSR count). The monoisotopic (exact) mass is 345 g/mol. The van der Waals surface area contributed by atoms with Crippen LogP contribution in [0.1, 0.15) is 26.7 Å². The van der Waals surface area contributed by atoms with Gasteiger partial charge in [0.05, 0.1) is 11.6 Å². The molecule has 0 amide bonds. The molecule has 0 N–H and O–H groups in total. The second-order valence-corrected chi connectivity index (χ2v) is 6.63. The number of aryl methyl sites for hydroxylation is 1. The number of hydrogen-bond acceptors (Lipinski definition) is 3. The molecule has 4 aromatic rings. The van der Waals surface area contributed by atoms with Crippen molar-refractivity contribution in [3.63, 3.8) is 0 Å². The smallest absolute Gasteiger partial charge is 0.213 e. The Bertz CT molecular complexity index is 1050. The summed E-state index contributed by atoms with van der Waals surface area (Å²) < 4.78 is 8.13. The summed E-state index contributed by atoms with van der Waals surface area (Å²) in [5.41, 5.74) is 4.63. The number of hydrogen-bond donors (Lipinski definition) is 0. The van der Waals surface area contributed by atoms with Gasteiger partial charge in [0.25, 0.3) is 0 Å². The zero-order valence-corrected chi connectivity index (χ0v) is 15.4. The van der Waals surface area contributed by atoms with Gasteiger partial charge in [0, 0.05) is 53.6 Å². The third-order valence-corrected chi connectivity index (χ3v) is 5.08. The summed E-state index contributed by atoms with van der Waals surface area (Å²) >= 11 is 0. The van der Waals surface area contributed by atoms with Crippen molar-refractivity contribution in [1.29, 1.82) is 0 Å². The molecule has 4 heteroatoms. The highest BCUT2D eigenvalue weighted by atomic mass is 16.5. The first kappa shape index (κ1) is 16.6. The van der Waals surface area contributed by atoms with E-state index in [1.165, 1.54) is 21.8 Å². The minimum absolute atomic E-state index is 0.231. The molecule has 0 bridgehead atoms. The molecule has 1 aromatic carbocycles. The van der Waals surface area contributed by atoms with Crippen molar-refractivity contribution in [1.82, 2.24) is 14.5 Å². The summed E-state index contributed by atoms with van der Waals surface area (Å²) in [7, 11) is 2.10. The molecule has 0 aliphatic rings. The molecule has 0 spiro atoms. The fourth-order valence-electron chi connectivity index (χ4n) is 3.48. The Kier molecular flexibility index (Phi) is 4.33. The highest BCUT2D eigenvalue weighted by Crippen LogP contribution is 2.31. The Morgan fingerprint density at radius 2 is 1.73 bits per heavy atom. The van der Waals surface area contributed by atoms with Gasteiger partial charge >= 0.3 is 0 Å². The van der Waals surface area contributed by atoms with Crippen LogP contribution in [0.2, 0.25) is 0 Å². The first-order valence-electron chi connectivity index (χ1n) is 9.16. The van der Waals surface area contributed by atoms with Crippen LogP contribution < -0.4 is 4.74 Å². The molecule has 26 heavy (non-hydrogen) atoms. The van der Waals surface area contributed by atoms with Gasteiger partial charge in [0.2, 0.25) is 5.88 Å². The van der Waals surface area contributed by atoms with Gasteiger partial charge in [-0.3, -0.25) is 4.98 Å². The van der Waals surface area contributed by atoms with Crippen molar-refractivity contribution < 1.29 is 4.74 Å². The van der Waals surface area contributed by atoms with Crippen LogP contribution in [0.25, 0.3) is 32.9 Å². The van der Waals surface area contributed by atoms with E-state index in [9.17, 15) is 0 Å². The minimum Gasteiger partial charge on any atom is -0.474 e. The zero-order chi connectivity index (χ0) is 18.1. The second-order valence-electron chi connectivity index (χ2n) is 6.63. The maximum atomic E-state index is 5.91. The molecule has 132 valence electrons. The van der Waals surface area contributed by atoms with Gasteiger partial charge in [-0.25, -0.2) is 4.98 Å². The maximum absolute atomic E-state index is 5.91. The largest absolute Gasteiger partial charge is 0.474 e. The SMILES string of the molecule is CCC(CC)Oc1ccc(-c2ccc3c4cnccc4n(C)c3c2)cn1. The molecule has 0 atom stereocenters. The van der Waals surface area contributed by atoms with Gasteiger partial charge in [0.1, 0.15) is 0 Å².